The van der Waals surface area contributed by atoms with Crippen LogP contribution in [0.2, 0.25) is 0 Å². The quantitative estimate of drug-likeness (QED) is 0.619. The Morgan fingerprint density at radius 2 is 1.83 bits per heavy atom. The van der Waals surface area contributed by atoms with Gasteiger partial charge in [-0.1, -0.05) is 18.2 Å². The van der Waals surface area contributed by atoms with Crippen LogP contribution >= 0.6 is 0 Å². The van der Waals surface area contributed by atoms with Gasteiger partial charge in [0, 0.05) is 45.0 Å². The molecule has 2 amide bonds. The highest BCUT2D eigenvalue weighted by atomic mass is 16.5. The number of carbonyl (C=O) groups is 2. The number of anilines is 1. The second kappa shape index (κ2) is 10.7. The minimum Gasteiger partial charge on any atom is -0.379 e. The van der Waals surface area contributed by atoms with Crippen molar-refractivity contribution >= 4 is 17.5 Å². The fourth-order valence-electron chi connectivity index (χ4n) is 4.07. The maximum atomic E-state index is 13.1. The van der Waals surface area contributed by atoms with Gasteiger partial charge in [0.1, 0.15) is 6.10 Å². The van der Waals surface area contributed by atoms with E-state index in [1.165, 1.54) is 0 Å². The van der Waals surface area contributed by atoms with Crippen LogP contribution in [0.3, 0.4) is 0 Å². The maximum Gasteiger partial charge on any atom is 0.251 e. The van der Waals surface area contributed by atoms with Crippen LogP contribution in [-0.2, 0) is 19.1 Å². The molecule has 0 radical (unpaired) electrons. The summed E-state index contributed by atoms with van der Waals surface area (Å²) >= 11 is 0. The zero-order valence-electron chi connectivity index (χ0n) is 17.6. The topological polar surface area (TPSA) is 62.3 Å². The number of hydrogen-bond donors (Lipinski definition) is 0. The molecule has 2 aliphatic heterocycles. The maximum absolute atomic E-state index is 13.1. The average molecular weight is 404 g/mol. The molecule has 2 aliphatic rings. The molecule has 29 heavy (non-hydrogen) atoms. The zero-order valence-corrected chi connectivity index (χ0v) is 17.6. The third-order valence-electron chi connectivity index (χ3n) is 5.69. The number of nitrogens with zero attached hydrogens (tertiary/aromatic N) is 3. The van der Waals surface area contributed by atoms with E-state index in [0.717, 1.165) is 38.2 Å². The van der Waals surface area contributed by atoms with Crippen LogP contribution in [0.1, 0.15) is 26.7 Å². The van der Waals surface area contributed by atoms with Gasteiger partial charge in [-0.3, -0.25) is 14.5 Å². The third-order valence-corrected chi connectivity index (χ3v) is 5.69. The highest BCUT2D eigenvalue weighted by Crippen LogP contribution is 2.24. The molecule has 7 heteroatoms. The van der Waals surface area contributed by atoms with Crippen LogP contribution in [0, 0.1) is 0 Å². The molecule has 2 fully saturated rings. The molecule has 0 aromatic heterocycles. The van der Waals surface area contributed by atoms with E-state index in [4.69, 9.17) is 9.47 Å². The molecule has 0 bridgehead atoms. The van der Waals surface area contributed by atoms with E-state index in [1.54, 1.807) is 6.92 Å². The molecule has 2 atom stereocenters. The normalized spacial score (nSPS) is 22.0. The van der Waals surface area contributed by atoms with Crippen molar-refractivity contribution in [1.82, 2.24) is 9.80 Å². The summed E-state index contributed by atoms with van der Waals surface area (Å²) in [4.78, 5) is 31.7. The van der Waals surface area contributed by atoms with Gasteiger partial charge in [-0.2, -0.15) is 0 Å². The Morgan fingerprint density at radius 1 is 1.10 bits per heavy atom. The fraction of sp³-hybridized carbons (Fsp3) is 0.636. The summed E-state index contributed by atoms with van der Waals surface area (Å²) in [5, 5.41) is 0. The number of benzene rings is 1. The summed E-state index contributed by atoms with van der Waals surface area (Å²) in [6.07, 6.45) is 1.41. The zero-order chi connectivity index (χ0) is 20.6. The predicted molar refractivity (Wildman–Crippen MR) is 112 cm³/mol. The molecule has 0 aliphatic carbocycles. The highest BCUT2D eigenvalue weighted by Gasteiger charge is 2.36. The first kappa shape index (κ1) is 21.7. The number of rotatable bonds is 8. The molecule has 0 unspecified atom stereocenters. The van der Waals surface area contributed by atoms with Crippen molar-refractivity contribution in [1.29, 1.82) is 0 Å². The summed E-state index contributed by atoms with van der Waals surface area (Å²) in [5.74, 6) is 0.192. The van der Waals surface area contributed by atoms with Crippen LogP contribution in [0.15, 0.2) is 30.3 Å². The van der Waals surface area contributed by atoms with Crippen molar-refractivity contribution < 1.29 is 19.1 Å². The van der Waals surface area contributed by atoms with Gasteiger partial charge >= 0.3 is 0 Å². The summed E-state index contributed by atoms with van der Waals surface area (Å²) in [6, 6.07) is 9.78. The van der Waals surface area contributed by atoms with Crippen molar-refractivity contribution in [2.75, 3.05) is 57.4 Å². The molecule has 3 rings (SSSR count). The van der Waals surface area contributed by atoms with Crippen molar-refractivity contribution in [3.05, 3.63) is 30.3 Å². The van der Waals surface area contributed by atoms with Gasteiger partial charge in [0.15, 0.2) is 0 Å². The predicted octanol–water partition coefficient (Wildman–Crippen LogP) is 1.77. The Hall–Kier alpha value is -1.96. The van der Waals surface area contributed by atoms with Gasteiger partial charge < -0.3 is 19.3 Å². The van der Waals surface area contributed by atoms with Gasteiger partial charge in [0.25, 0.3) is 5.91 Å². The lowest BCUT2D eigenvalue weighted by Crippen LogP contribution is -2.59. The molecule has 0 N–H and O–H groups in total. The van der Waals surface area contributed by atoms with Gasteiger partial charge in [-0.15, -0.1) is 0 Å². The van der Waals surface area contributed by atoms with Crippen molar-refractivity contribution in [3.63, 3.8) is 0 Å². The standard InChI is InChI=1S/C22H33N3O4/c1-3-28-16-17-29-18(2)21(26)24-14-12-23(13-15-24)20-10-7-11-25(22(20)27)19-8-5-4-6-9-19/h4-6,8-9,18,20H,3,7,10-17H2,1-2H3/t18-,20-/m0/s1. The molecular weight excluding hydrogens is 370 g/mol. The molecule has 1 aromatic carbocycles. The summed E-state index contributed by atoms with van der Waals surface area (Å²) in [7, 11) is 0. The van der Waals surface area contributed by atoms with Crippen LogP contribution < -0.4 is 4.90 Å². The first-order valence-electron chi connectivity index (χ1n) is 10.7. The number of ether oxygens (including phenoxy) is 2. The third kappa shape index (κ3) is 5.56. The van der Waals surface area contributed by atoms with E-state index in [9.17, 15) is 9.59 Å². The van der Waals surface area contributed by atoms with Crippen LogP contribution in [0.5, 0.6) is 0 Å². The SMILES string of the molecule is CCOCCO[C@@H](C)C(=O)N1CCN([C@H]2CCCN(c3ccccc3)C2=O)CC1. The van der Waals surface area contributed by atoms with Crippen molar-refractivity contribution in [2.24, 2.45) is 0 Å². The Labute approximate surface area is 173 Å². The molecule has 7 nitrogen and oxygen atoms in total. The lowest BCUT2D eigenvalue weighted by Gasteiger charge is -2.42. The minimum atomic E-state index is -0.466. The smallest absolute Gasteiger partial charge is 0.251 e. The number of piperazine rings is 1. The van der Waals surface area contributed by atoms with Crippen LogP contribution in [0.25, 0.3) is 0 Å². The number of hydrogen-bond acceptors (Lipinski definition) is 5. The molecule has 160 valence electrons. The number of amides is 2. The lowest BCUT2D eigenvalue weighted by atomic mass is 10.0. The number of carbonyl (C=O) groups excluding carboxylic acids is 2. The summed E-state index contributed by atoms with van der Waals surface area (Å²) in [5.41, 5.74) is 0.967. The van der Waals surface area contributed by atoms with Gasteiger partial charge in [0.05, 0.1) is 19.3 Å². The lowest BCUT2D eigenvalue weighted by molar-refractivity contribution is -0.146. The fourth-order valence-corrected chi connectivity index (χ4v) is 4.07. The van der Waals surface area contributed by atoms with Gasteiger partial charge in [-0.05, 0) is 38.8 Å². The Balaban J connectivity index is 1.49. The monoisotopic (exact) mass is 403 g/mol. The van der Waals surface area contributed by atoms with Gasteiger partial charge in [-0.25, -0.2) is 0 Å². The second-order valence-electron chi connectivity index (χ2n) is 7.55. The van der Waals surface area contributed by atoms with E-state index in [0.29, 0.717) is 32.9 Å². The van der Waals surface area contributed by atoms with Crippen LogP contribution in [-0.4, -0.2) is 86.3 Å². The minimum absolute atomic E-state index is 0.0158. The molecule has 0 saturated carbocycles. The van der Waals surface area contributed by atoms with E-state index in [1.807, 2.05) is 47.1 Å². The van der Waals surface area contributed by atoms with E-state index < -0.39 is 6.10 Å². The van der Waals surface area contributed by atoms with E-state index >= 15 is 0 Å². The Bertz CT molecular complexity index is 661. The van der Waals surface area contributed by atoms with Crippen molar-refractivity contribution in [2.45, 2.75) is 38.8 Å². The Kier molecular flexibility index (Phi) is 8.03. The van der Waals surface area contributed by atoms with Crippen LogP contribution in [0.4, 0.5) is 5.69 Å². The molecule has 0 spiro atoms. The number of para-hydroxylation sites is 1. The highest BCUT2D eigenvalue weighted by molar-refractivity contribution is 5.97. The average Bonchev–Trinajstić information content (AvgIpc) is 2.77. The largest absolute Gasteiger partial charge is 0.379 e. The van der Waals surface area contributed by atoms with E-state index in [-0.39, 0.29) is 17.9 Å². The molecular formula is C22H33N3O4. The molecule has 2 saturated heterocycles. The summed E-state index contributed by atoms with van der Waals surface area (Å²) < 4.78 is 10.8. The molecule has 1 aromatic rings. The van der Waals surface area contributed by atoms with E-state index in [2.05, 4.69) is 4.90 Å². The Morgan fingerprint density at radius 3 is 2.52 bits per heavy atom. The molecule has 2 heterocycles. The summed E-state index contributed by atoms with van der Waals surface area (Å²) in [6.45, 7) is 8.78. The first-order chi connectivity index (χ1) is 14.1. The van der Waals surface area contributed by atoms with Crippen molar-refractivity contribution in [3.8, 4) is 0 Å². The second-order valence-corrected chi connectivity index (χ2v) is 7.55. The first-order valence-corrected chi connectivity index (χ1v) is 10.7. The van der Waals surface area contributed by atoms with Gasteiger partial charge in [0.2, 0.25) is 5.91 Å². The number of piperidine rings is 1.